The summed E-state index contributed by atoms with van der Waals surface area (Å²) in [6.45, 7) is 4.21. The molecule has 6 nitrogen and oxygen atoms in total. The van der Waals surface area contributed by atoms with E-state index in [1.165, 1.54) is 6.07 Å². The molecule has 2 aromatic rings. The van der Waals surface area contributed by atoms with E-state index >= 15 is 4.39 Å². The molecule has 0 atom stereocenters. The summed E-state index contributed by atoms with van der Waals surface area (Å²) in [5.41, 5.74) is 10.3. The van der Waals surface area contributed by atoms with Gasteiger partial charge in [0.1, 0.15) is 5.82 Å². The predicted octanol–water partition coefficient (Wildman–Crippen LogP) is 4.46. The summed E-state index contributed by atoms with van der Waals surface area (Å²) in [6, 6.07) is 3.23. The molecule has 0 aliphatic heterocycles. The molecule has 34 heavy (non-hydrogen) atoms. The third-order valence-electron chi connectivity index (χ3n) is 7.77. The summed E-state index contributed by atoms with van der Waals surface area (Å²) in [6.07, 6.45) is 7.56. The molecule has 3 aliphatic carbocycles. The first-order valence-corrected chi connectivity index (χ1v) is 12.5. The van der Waals surface area contributed by atoms with Crippen LogP contribution in [-0.4, -0.2) is 33.5 Å². The zero-order valence-electron chi connectivity index (χ0n) is 20.0. The molecule has 0 saturated heterocycles. The lowest BCUT2D eigenvalue weighted by molar-refractivity contribution is 0.0909. The van der Waals surface area contributed by atoms with Crippen molar-refractivity contribution in [3.63, 3.8) is 0 Å². The normalized spacial score (nSPS) is 23.8. The average molecular weight is 468 g/mol. The van der Waals surface area contributed by atoms with E-state index in [0.717, 1.165) is 67.5 Å². The molecule has 1 aromatic carbocycles. The molecule has 0 bridgehead atoms. The summed E-state index contributed by atoms with van der Waals surface area (Å²) < 4.78 is 17.5. The number of nitrogens with zero attached hydrogens (tertiary/aromatic N) is 1. The molecule has 1 heterocycles. The molecule has 0 radical (unpaired) electrons. The molecule has 5 rings (SSSR count). The van der Waals surface area contributed by atoms with Gasteiger partial charge in [0.05, 0.1) is 23.0 Å². The number of nitrogens with two attached hydrogens (primary N) is 1. The fourth-order valence-electron chi connectivity index (χ4n) is 6.23. The highest BCUT2D eigenvalue weighted by Gasteiger charge is 2.38. The summed E-state index contributed by atoms with van der Waals surface area (Å²) in [5, 5.41) is 13.2. The Labute approximate surface area is 199 Å². The number of Topliss-reactive ketones (excluding diaryl/α,β-unsaturated/α-hetero) is 1. The van der Waals surface area contributed by atoms with Gasteiger partial charge in [-0.25, -0.2) is 4.39 Å². The van der Waals surface area contributed by atoms with Gasteiger partial charge in [0.15, 0.2) is 5.78 Å². The minimum Gasteiger partial charge on any atom is -0.393 e. The smallest absolute Gasteiger partial charge is 0.253 e. The molecule has 1 saturated carbocycles. The van der Waals surface area contributed by atoms with Crippen LogP contribution in [0.5, 0.6) is 0 Å². The zero-order chi connectivity index (χ0) is 24.2. The predicted molar refractivity (Wildman–Crippen MR) is 129 cm³/mol. The van der Waals surface area contributed by atoms with E-state index in [4.69, 9.17) is 5.73 Å². The van der Waals surface area contributed by atoms with Crippen LogP contribution in [-0.2, 0) is 19.3 Å². The minimum atomic E-state index is -0.810. The number of anilines is 1. The van der Waals surface area contributed by atoms with Crippen molar-refractivity contribution in [3.05, 3.63) is 46.0 Å². The molecule has 1 amide bonds. The average Bonchev–Trinajstić information content (AvgIpc) is 3.07. The maximum absolute atomic E-state index is 15.4. The molecule has 1 fully saturated rings. The van der Waals surface area contributed by atoms with Gasteiger partial charge in [0.2, 0.25) is 0 Å². The third kappa shape index (κ3) is 4.04. The molecule has 1 aromatic heterocycles. The van der Waals surface area contributed by atoms with Crippen molar-refractivity contribution in [2.24, 2.45) is 11.1 Å². The van der Waals surface area contributed by atoms with E-state index in [1.807, 2.05) is 6.07 Å². The van der Waals surface area contributed by atoms with Crippen molar-refractivity contribution in [2.75, 3.05) is 5.32 Å². The Morgan fingerprint density at radius 2 is 1.82 bits per heavy atom. The number of hydrogen-bond donors (Lipinski definition) is 3. The van der Waals surface area contributed by atoms with E-state index in [1.54, 1.807) is 0 Å². The first-order chi connectivity index (χ1) is 16.1. The Bertz CT molecular complexity index is 1160. The molecule has 7 heteroatoms. The van der Waals surface area contributed by atoms with Gasteiger partial charge in [0.25, 0.3) is 5.91 Å². The summed E-state index contributed by atoms with van der Waals surface area (Å²) in [5.74, 6) is -1.29. The van der Waals surface area contributed by atoms with Crippen LogP contribution in [0.1, 0.15) is 96.5 Å². The largest absolute Gasteiger partial charge is 0.393 e. The number of halogens is 1. The lowest BCUT2D eigenvalue weighted by atomic mass is 9.75. The van der Waals surface area contributed by atoms with E-state index < -0.39 is 11.7 Å². The Hall–Kier alpha value is -2.67. The van der Waals surface area contributed by atoms with Crippen LogP contribution in [0.3, 0.4) is 0 Å². The quantitative estimate of drug-likeness (QED) is 0.618. The molecule has 4 N–H and O–H groups in total. The lowest BCUT2D eigenvalue weighted by Gasteiger charge is -2.30. The van der Waals surface area contributed by atoms with Crippen molar-refractivity contribution in [3.8, 4) is 5.69 Å². The lowest BCUT2D eigenvalue weighted by Crippen LogP contribution is -2.30. The van der Waals surface area contributed by atoms with Gasteiger partial charge in [-0.15, -0.1) is 0 Å². The Morgan fingerprint density at radius 1 is 1.12 bits per heavy atom. The highest BCUT2D eigenvalue weighted by molar-refractivity contribution is 6.01. The van der Waals surface area contributed by atoms with Gasteiger partial charge >= 0.3 is 0 Å². The second kappa shape index (κ2) is 8.52. The summed E-state index contributed by atoms with van der Waals surface area (Å²) >= 11 is 0. The summed E-state index contributed by atoms with van der Waals surface area (Å²) in [4.78, 5) is 25.4. The standard InChI is InChI=1S/C27H34FN3O3/c1-27(2)13-22-24(23(33)14-27)18-5-3-4-6-21(18)31(22)16-11-19(28)25(26(29)34)20(12-16)30-15-7-9-17(32)10-8-15/h11-12,15,17,30,32H,3-10,13-14H2,1-2H3,(H2,29,34)/t15-,17-. The van der Waals surface area contributed by atoms with Crippen LogP contribution >= 0.6 is 0 Å². The van der Waals surface area contributed by atoms with Crippen LogP contribution in [0, 0.1) is 11.2 Å². The maximum Gasteiger partial charge on any atom is 0.253 e. The third-order valence-corrected chi connectivity index (χ3v) is 7.77. The Kier molecular flexibility index (Phi) is 5.79. The Morgan fingerprint density at radius 3 is 2.53 bits per heavy atom. The van der Waals surface area contributed by atoms with Crippen LogP contribution in [0.15, 0.2) is 12.1 Å². The van der Waals surface area contributed by atoms with E-state index in [2.05, 4.69) is 23.7 Å². The van der Waals surface area contributed by atoms with Gasteiger partial charge in [-0.05, 0) is 80.9 Å². The number of amides is 1. The highest BCUT2D eigenvalue weighted by atomic mass is 19.1. The van der Waals surface area contributed by atoms with Gasteiger partial charge in [-0.3, -0.25) is 9.59 Å². The van der Waals surface area contributed by atoms with Crippen molar-refractivity contribution < 1.29 is 19.1 Å². The van der Waals surface area contributed by atoms with Crippen molar-refractivity contribution in [2.45, 2.75) is 90.2 Å². The van der Waals surface area contributed by atoms with Gasteiger partial charge < -0.3 is 20.7 Å². The number of ketones is 1. The number of carbonyl (C=O) groups is 2. The molecule has 0 unspecified atom stereocenters. The summed E-state index contributed by atoms with van der Waals surface area (Å²) in [7, 11) is 0. The number of aliphatic hydroxyl groups is 1. The molecule has 0 spiro atoms. The Balaban J connectivity index is 1.65. The van der Waals surface area contributed by atoms with Gasteiger partial charge in [-0.2, -0.15) is 0 Å². The fourth-order valence-corrected chi connectivity index (χ4v) is 6.23. The van der Waals surface area contributed by atoms with Crippen molar-refractivity contribution in [1.29, 1.82) is 0 Å². The number of primary amides is 1. The number of nitrogens with one attached hydrogen (secondary N) is 1. The van der Waals surface area contributed by atoms with Crippen LogP contribution in [0.2, 0.25) is 0 Å². The zero-order valence-corrected chi connectivity index (χ0v) is 20.0. The van der Waals surface area contributed by atoms with Crippen molar-refractivity contribution >= 4 is 17.4 Å². The first-order valence-electron chi connectivity index (χ1n) is 12.5. The number of aliphatic hydroxyl groups excluding tert-OH is 1. The van der Waals surface area contributed by atoms with Gasteiger partial charge in [0, 0.05) is 29.4 Å². The van der Waals surface area contributed by atoms with Crippen LogP contribution in [0.25, 0.3) is 5.69 Å². The number of benzene rings is 1. The second-order valence-corrected chi connectivity index (χ2v) is 11.1. The molecular formula is C27H34FN3O3. The van der Waals surface area contributed by atoms with Gasteiger partial charge in [-0.1, -0.05) is 13.8 Å². The topological polar surface area (TPSA) is 97.4 Å². The highest BCUT2D eigenvalue weighted by Crippen LogP contribution is 2.43. The van der Waals surface area contributed by atoms with E-state index in [0.29, 0.717) is 30.6 Å². The second-order valence-electron chi connectivity index (χ2n) is 11.1. The number of rotatable bonds is 4. The van der Waals surface area contributed by atoms with Crippen LogP contribution < -0.4 is 11.1 Å². The monoisotopic (exact) mass is 467 g/mol. The van der Waals surface area contributed by atoms with E-state index in [-0.39, 0.29) is 28.9 Å². The number of fused-ring (bicyclic) bond motifs is 3. The molecule has 3 aliphatic rings. The number of carbonyl (C=O) groups excluding carboxylic acids is 2. The maximum atomic E-state index is 15.4. The SMILES string of the molecule is CC1(C)CC(=O)c2c3c(n(-c4cc(F)c(C(N)=O)c(N[C@H]5CC[C@H](O)CC5)c4)c2C1)CCCC3. The van der Waals surface area contributed by atoms with E-state index in [9.17, 15) is 14.7 Å². The molecule has 182 valence electrons. The molecular weight excluding hydrogens is 433 g/mol. The minimum absolute atomic E-state index is 0.0316. The number of aromatic nitrogens is 1. The fraction of sp³-hybridized carbons (Fsp3) is 0.556. The first kappa shape index (κ1) is 23.1. The van der Waals surface area contributed by atoms with Crippen molar-refractivity contribution in [1.82, 2.24) is 4.57 Å². The number of hydrogen-bond acceptors (Lipinski definition) is 4. The van der Waals surface area contributed by atoms with Crippen LogP contribution in [0.4, 0.5) is 10.1 Å².